The second-order valence-corrected chi connectivity index (χ2v) is 15.1. The van der Waals surface area contributed by atoms with Gasteiger partial charge in [-0.25, -0.2) is 4.79 Å². The average molecular weight is 744 g/mol. The summed E-state index contributed by atoms with van der Waals surface area (Å²) in [5.74, 6) is -3.78. The fourth-order valence-electron chi connectivity index (χ4n) is 7.47. The van der Waals surface area contributed by atoms with Gasteiger partial charge in [-0.05, 0) is 43.2 Å². The van der Waals surface area contributed by atoms with Crippen LogP contribution in [0.2, 0.25) is 0 Å². The Morgan fingerprint density at radius 3 is 2.08 bits per heavy atom. The van der Waals surface area contributed by atoms with Gasteiger partial charge in [-0.3, -0.25) is 19.2 Å². The van der Waals surface area contributed by atoms with Gasteiger partial charge in [-0.1, -0.05) is 85.2 Å². The summed E-state index contributed by atoms with van der Waals surface area (Å²) in [6, 6.07) is 5.99. The molecule has 0 saturated carbocycles. The zero-order valence-corrected chi connectivity index (χ0v) is 33.7. The van der Waals surface area contributed by atoms with Crippen LogP contribution >= 0.6 is 0 Å². The van der Waals surface area contributed by atoms with Gasteiger partial charge >= 0.3 is 5.97 Å². The number of benzene rings is 1. The van der Waals surface area contributed by atoms with E-state index in [0.717, 1.165) is 11.8 Å². The second kappa shape index (κ2) is 21.8. The zero-order valence-electron chi connectivity index (χ0n) is 33.7. The van der Waals surface area contributed by atoms with E-state index >= 15 is 0 Å². The number of amides is 4. The van der Waals surface area contributed by atoms with Gasteiger partial charge in [-0.15, -0.1) is 0 Å². The van der Waals surface area contributed by atoms with E-state index in [1.165, 1.54) is 14.2 Å². The largest absolute Gasteiger partial charge is 0.467 e. The molecule has 0 aliphatic carbocycles. The minimum atomic E-state index is -0.950. The Hall–Kier alpha value is -3.84. The van der Waals surface area contributed by atoms with Crippen molar-refractivity contribution in [2.24, 2.45) is 29.6 Å². The Labute approximate surface area is 316 Å². The minimum Gasteiger partial charge on any atom is -0.467 e. The first-order chi connectivity index (χ1) is 25.1. The lowest BCUT2D eigenvalue weighted by atomic mass is 9.85. The Kier molecular flexibility index (Phi) is 18.6. The number of rotatable bonds is 21. The van der Waals surface area contributed by atoms with Crippen LogP contribution in [0.4, 0.5) is 0 Å². The van der Waals surface area contributed by atoms with Crippen LogP contribution < -0.4 is 16.0 Å². The van der Waals surface area contributed by atoms with E-state index in [1.54, 1.807) is 30.8 Å². The summed E-state index contributed by atoms with van der Waals surface area (Å²) in [5, 5.41) is 8.77. The maximum atomic E-state index is 14.1. The monoisotopic (exact) mass is 743 g/mol. The van der Waals surface area contributed by atoms with Crippen LogP contribution in [0, 0.1) is 29.6 Å². The van der Waals surface area contributed by atoms with Gasteiger partial charge < -0.3 is 40.0 Å². The summed E-state index contributed by atoms with van der Waals surface area (Å²) in [6.45, 7) is 13.7. The Morgan fingerprint density at radius 1 is 0.943 bits per heavy atom. The molecule has 1 fully saturated rings. The first-order valence-electron chi connectivity index (χ1n) is 19.0. The number of carbonyl (C=O) groups is 6. The van der Waals surface area contributed by atoms with Crippen LogP contribution in [0.25, 0.3) is 0 Å². The summed E-state index contributed by atoms with van der Waals surface area (Å²) < 4.78 is 10.9. The van der Waals surface area contributed by atoms with E-state index in [0.29, 0.717) is 25.8 Å². The molecule has 1 heterocycles. The number of likely N-dealkylation sites (tertiary alicyclic amines) is 1. The van der Waals surface area contributed by atoms with Crippen molar-refractivity contribution in [1.29, 1.82) is 0 Å². The maximum absolute atomic E-state index is 14.1. The molecule has 2 rings (SSSR count). The Balaban J connectivity index is 2.28. The highest BCUT2D eigenvalue weighted by atomic mass is 16.5. The third-order valence-corrected chi connectivity index (χ3v) is 10.9. The van der Waals surface area contributed by atoms with Crippen molar-refractivity contribution in [2.75, 3.05) is 34.9 Å². The number of hydrogen-bond donors (Lipinski definition) is 3. The molecule has 1 aromatic rings. The predicted molar refractivity (Wildman–Crippen MR) is 203 cm³/mol. The van der Waals surface area contributed by atoms with Crippen LogP contribution in [0.1, 0.15) is 79.7 Å². The quantitative estimate of drug-likeness (QED) is 0.127. The van der Waals surface area contributed by atoms with E-state index in [-0.39, 0.29) is 48.3 Å². The summed E-state index contributed by atoms with van der Waals surface area (Å²) >= 11 is 0. The van der Waals surface area contributed by atoms with Gasteiger partial charge in [0, 0.05) is 45.0 Å². The van der Waals surface area contributed by atoms with Crippen molar-refractivity contribution in [3.05, 3.63) is 35.9 Å². The molecule has 0 bridgehead atoms. The lowest BCUT2D eigenvalue weighted by molar-refractivity contribution is -0.147. The molecule has 1 aliphatic rings. The van der Waals surface area contributed by atoms with Crippen LogP contribution in [-0.4, -0.2) is 117 Å². The molecule has 13 nitrogen and oxygen atoms in total. The van der Waals surface area contributed by atoms with Crippen molar-refractivity contribution in [3.8, 4) is 0 Å². The topological polar surface area (TPSA) is 163 Å². The van der Waals surface area contributed by atoms with Crippen LogP contribution in [0.5, 0.6) is 0 Å². The molecule has 4 amide bonds. The van der Waals surface area contributed by atoms with Crippen LogP contribution in [0.15, 0.2) is 30.3 Å². The molecule has 0 aromatic heterocycles. The molecule has 1 aliphatic heterocycles. The minimum absolute atomic E-state index is 0.0133. The molecule has 9 atom stereocenters. The number of methoxy groups -OCH3 is 2. The van der Waals surface area contributed by atoms with Gasteiger partial charge in [0.1, 0.15) is 18.4 Å². The first kappa shape index (κ1) is 45.3. The van der Waals surface area contributed by atoms with Crippen LogP contribution in [-0.2, 0) is 44.7 Å². The normalized spacial score (nSPS) is 19.0. The number of hydrogen-bond acceptors (Lipinski definition) is 9. The first-order valence-corrected chi connectivity index (χ1v) is 19.0. The van der Waals surface area contributed by atoms with Gasteiger partial charge in [0.25, 0.3) is 0 Å². The number of ether oxygens (including phenoxy) is 2. The van der Waals surface area contributed by atoms with Crippen molar-refractivity contribution < 1.29 is 38.2 Å². The molecular formula is C40H65N5O8. The lowest BCUT2D eigenvalue weighted by Gasteiger charge is -2.40. The predicted octanol–water partition coefficient (Wildman–Crippen LogP) is 2.99. The summed E-state index contributed by atoms with van der Waals surface area (Å²) in [6.07, 6.45) is 2.09. The van der Waals surface area contributed by atoms with E-state index in [1.807, 2.05) is 71.9 Å². The van der Waals surface area contributed by atoms with E-state index in [9.17, 15) is 28.8 Å². The number of likely N-dealkylation sites (N-methyl/N-ethyl adjacent to an activating group) is 2. The van der Waals surface area contributed by atoms with Crippen molar-refractivity contribution in [2.45, 2.75) is 117 Å². The van der Waals surface area contributed by atoms with Gasteiger partial charge in [-0.2, -0.15) is 0 Å². The summed E-state index contributed by atoms with van der Waals surface area (Å²) in [5.41, 5.74) is 0.837. The number of aldehydes is 1. The highest BCUT2D eigenvalue weighted by Crippen LogP contribution is 2.31. The summed E-state index contributed by atoms with van der Waals surface area (Å²) in [4.78, 5) is 83.5. The number of carbonyl (C=O) groups excluding carboxylic acids is 6. The van der Waals surface area contributed by atoms with E-state index in [4.69, 9.17) is 9.47 Å². The number of nitrogens with zero attached hydrogens (tertiary/aromatic N) is 2. The van der Waals surface area contributed by atoms with Crippen molar-refractivity contribution in [3.63, 3.8) is 0 Å². The number of esters is 1. The molecule has 0 spiro atoms. The highest BCUT2D eigenvalue weighted by molar-refractivity contribution is 5.90. The molecule has 53 heavy (non-hydrogen) atoms. The van der Waals surface area contributed by atoms with Gasteiger partial charge in [0.05, 0.1) is 31.7 Å². The number of nitrogens with one attached hydrogen (secondary N) is 3. The molecule has 0 radical (unpaired) electrons. The highest BCUT2D eigenvalue weighted by Gasteiger charge is 2.43. The summed E-state index contributed by atoms with van der Waals surface area (Å²) in [7, 11) is 6.18. The fraction of sp³-hybridized carbons (Fsp3) is 0.700. The molecule has 1 aromatic carbocycles. The fourth-order valence-corrected chi connectivity index (χ4v) is 7.47. The molecule has 298 valence electrons. The van der Waals surface area contributed by atoms with E-state index < -0.39 is 60.0 Å². The SMILES string of the molecule is CC[C@H](C)[C@@H]([C@@H](CC(=O)N1CCC[C@H]1[C@H](C=O)[C@@H](C)C(=O)N[C@@H](Cc1ccccc1)C(=O)OC)OC)N(C)C(=O)[C@@H](NC(=O)[C@@H](NC)C(C)C)C(C)C. The smallest absolute Gasteiger partial charge is 0.328 e. The average Bonchev–Trinajstić information content (AvgIpc) is 3.62. The van der Waals surface area contributed by atoms with E-state index in [2.05, 4.69) is 16.0 Å². The standard InChI is InChI=1S/C40H65N5O8/c1-12-26(6)36(44(9)39(50)35(25(4)5)43-38(49)34(41-8)24(2)3)32(52-10)22-33(47)45-20-16-19-31(45)29(23-46)27(7)37(48)42-30(40(51)53-11)21-28-17-14-13-15-18-28/h13-15,17-18,23-27,29-32,34-36,41H,12,16,19-22H2,1-11H3,(H,42,48)(H,43,49)/t26-,27+,29+,30-,31-,32+,34-,35-,36-/m0/s1. The van der Waals surface area contributed by atoms with Gasteiger partial charge in [0.2, 0.25) is 23.6 Å². The zero-order chi connectivity index (χ0) is 40.0. The molecule has 3 N–H and O–H groups in total. The Morgan fingerprint density at radius 2 is 1.57 bits per heavy atom. The molecule has 0 unspecified atom stereocenters. The Bertz CT molecular complexity index is 1360. The lowest BCUT2D eigenvalue weighted by Crippen LogP contribution is -2.59. The third-order valence-electron chi connectivity index (χ3n) is 10.9. The van der Waals surface area contributed by atoms with Gasteiger partial charge in [0.15, 0.2) is 0 Å². The second-order valence-electron chi connectivity index (χ2n) is 15.1. The van der Waals surface area contributed by atoms with Crippen molar-refractivity contribution >= 4 is 35.9 Å². The third kappa shape index (κ3) is 12.1. The van der Waals surface area contributed by atoms with Crippen LogP contribution in [0.3, 0.4) is 0 Å². The molecule has 13 heteroatoms. The van der Waals surface area contributed by atoms with Crippen molar-refractivity contribution in [1.82, 2.24) is 25.8 Å². The molecular weight excluding hydrogens is 678 g/mol. The molecule has 1 saturated heterocycles. The maximum Gasteiger partial charge on any atom is 0.328 e.